The second-order valence-electron chi connectivity index (χ2n) is 5.94. The predicted octanol–water partition coefficient (Wildman–Crippen LogP) is 4.99. The molecule has 0 aromatic rings. The summed E-state index contributed by atoms with van der Waals surface area (Å²) < 4.78 is 0. The monoisotopic (exact) mass is 297 g/mol. The minimum Gasteiger partial charge on any atom is -0.312 e. The van der Waals surface area contributed by atoms with Crippen LogP contribution in [0.3, 0.4) is 0 Å². The first-order valence-electron chi connectivity index (χ1n) is 8.61. The molecule has 3 nitrogen and oxygen atoms in total. The highest BCUT2D eigenvalue weighted by Gasteiger charge is 2.53. The van der Waals surface area contributed by atoms with E-state index < -0.39 is 5.54 Å². The van der Waals surface area contributed by atoms with Crippen LogP contribution in [0.1, 0.15) is 81.1 Å². The maximum atomic E-state index is 12.5. The predicted molar refractivity (Wildman–Crippen MR) is 89.5 cm³/mol. The van der Waals surface area contributed by atoms with E-state index in [0.717, 1.165) is 31.3 Å². The molecule has 0 saturated carbocycles. The zero-order valence-corrected chi connectivity index (χ0v) is 15.3. The summed E-state index contributed by atoms with van der Waals surface area (Å²) in [6, 6.07) is 0. The van der Waals surface area contributed by atoms with Gasteiger partial charge < -0.3 is 5.21 Å². The van der Waals surface area contributed by atoms with Gasteiger partial charge in [0.25, 0.3) is 0 Å². The number of Topliss-reactive ketones (excluding diaryl/α,β-unsaturated/α-hetero) is 1. The molecule has 0 aromatic carbocycles. The number of hydrogen-bond donors (Lipinski definition) is 1. The molecule has 1 rings (SSSR count). The van der Waals surface area contributed by atoms with Gasteiger partial charge in [-0.05, 0) is 25.7 Å². The van der Waals surface area contributed by atoms with Gasteiger partial charge in [-0.1, -0.05) is 61.5 Å². The van der Waals surface area contributed by atoms with Gasteiger partial charge in [0, 0.05) is 11.5 Å². The second kappa shape index (κ2) is 8.09. The summed E-state index contributed by atoms with van der Waals surface area (Å²) in [7, 11) is 0. The van der Waals surface area contributed by atoms with E-state index in [9.17, 15) is 10.0 Å². The molecule has 124 valence electrons. The Balaban J connectivity index is 0.00000191. The molecule has 1 aliphatic heterocycles. The van der Waals surface area contributed by atoms with Crippen molar-refractivity contribution in [3.63, 3.8) is 0 Å². The average molecular weight is 297 g/mol. The van der Waals surface area contributed by atoms with Crippen LogP contribution in [-0.2, 0) is 4.79 Å². The number of hydroxylamine groups is 2. The molecule has 1 N–H and O–H groups in total. The number of nitrogens with zero attached hydrogens (tertiary/aromatic N) is 1. The summed E-state index contributed by atoms with van der Waals surface area (Å²) in [5.41, 5.74) is -0.0714. The molecular formula is C18H35NO2. The number of hydrogen-bond acceptors (Lipinski definition) is 3. The molecule has 0 spiro atoms. The van der Waals surface area contributed by atoms with E-state index in [0.29, 0.717) is 0 Å². The van der Waals surface area contributed by atoms with Gasteiger partial charge in [0.1, 0.15) is 0 Å². The van der Waals surface area contributed by atoms with Crippen molar-refractivity contribution in [3.05, 3.63) is 11.6 Å². The van der Waals surface area contributed by atoms with E-state index in [-0.39, 0.29) is 17.2 Å². The maximum Gasteiger partial charge on any atom is 0.163 e. The van der Waals surface area contributed by atoms with Crippen molar-refractivity contribution in [1.29, 1.82) is 0 Å². The van der Waals surface area contributed by atoms with Crippen molar-refractivity contribution in [2.75, 3.05) is 0 Å². The standard InChI is InChI=1S/C16H29NO2.C2H6/c1-7-15(8-2)11-13(14(18)12(5)6)16(9-3,10-4)17(15)19;1-2/h11-12,19H,7-10H2,1-6H3;1-2H3. The van der Waals surface area contributed by atoms with Crippen LogP contribution >= 0.6 is 0 Å². The van der Waals surface area contributed by atoms with Gasteiger partial charge >= 0.3 is 0 Å². The molecule has 0 amide bonds. The topological polar surface area (TPSA) is 40.5 Å². The van der Waals surface area contributed by atoms with E-state index in [4.69, 9.17) is 0 Å². The highest BCUT2D eigenvalue weighted by Crippen LogP contribution is 2.47. The number of rotatable bonds is 6. The number of carbonyl (C=O) groups excluding carboxylic acids is 1. The fourth-order valence-electron chi connectivity index (χ4n) is 3.30. The maximum absolute atomic E-state index is 12.5. The van der Waals surface area contributed by atoms with E-state index in [1.54, 1.807) is 0 Å². The Morgan fingerprint density at radius 1 is 1.10 bits per heavy atom. The van der Waals surface area contributed by atoms with E-state index >= 15 is 0 Å². The Bertz CT molecular complexity index is 363. The molecule has 0 fully saturated rings. The van der Waals surface area contributed by atoms with Crippen molar-refractivity contribution in [3.8, 4) is 0 Å². The highest BCUT2D eigenvalue weighted by molar-refractivity contribution is 5.99. The summed E-state index contributed by atoms with van der Waals surface area (Å²) in [6.07, 6.45) is 5.19. The molecule has 0 bridgehead atoms. The Hall–Kier alpha value is -0.670. The highest BCUT2D eigenvalue weighted by atomic mass is 16.5. The molecule has 1 aliphatic rings. The van der Waals surface area contributed by atoms with Gasteiger partial charge in [0.15, 0.2) is 5.78 Å². The van der Waals surface area contributed by atoms with Crippen LogP contribution in [0.2, 0.25) is 0 Å². The normalized spacial score (nSPS) is 20.0. The van der Waals surface area contributed by atoms with Gasteiger partial charge in [-0.25, -0.2) is 0 Å². The zero-order chi connectivity index (χ0) is 16.8. The molecule has 1 heterocycles. The second-order valence-corrected chi connectivity index (χ2v) is 5.94. The van der Waals surface area contributed by atoms with E-state index in [1.807, 2.05) is 33.8 Å². The zero-order valence-electron chi connectivity index (χ0n) is 15.3. The third-order valence-electron chi connectivity index (χ3n) is 4.93. The number of carbonyl (C=O) groups is 1. The summed E-state index contributed by atoms with van der Waals surface area (Å²) >= 11 is 0. The molecule has 21 heavy (non-hydrogen) atoms. The molecule has 3 heteroatoms. The van der Waals surface area contributed by atoms with E-state index in [2.05, 4.69) is 27.7 Å². The molecule has 0 unspecified atom stereocenters. The quantitative estimate of drug-likeness (QED) is 0.751. The lowest BCUT2D eigenvalue weighted by Gasteiger charge is -2.43. The Morgan fingerprint density at radius 3 is 1.81 bits per heavy atom. The van der Waals surface area contributed by atoms with Crippen molar-refractivity contribution < 1.29 is 10.0 Å². The first-order chi connectivity index (χ1) is 9.85. The van der Waals surface area contributed by atoms with Crippen LogP contribution in [0.15, 0.2) is 11.6 Å². The van der Waals surface area contributed by atoms with Crippen LogP contribution in [0.4, 0.5) is 0 Å². The van der Waals surface area contributed by atoms with Gasteiger partial charge in [0.05, 0.1) is 11.1 Å². The Kier molecular flexibility index (Phi) is 7.83. The Morgan fingerprint density at radius 2 is 1.52 bits per heavy atom. The fourth-order valence-corrected chi connectivity index (χ4v) is 3.30. The SMILES string of the molecule is CC.CCC1(CC)C=C(C(=O)C(C)C)C(CC)(CC)N1O. The molecule has 0 aromatic heterocycles. The van der Waals surface area contributed by atoms with Gasteiger partial charge in [-0.15, -0.1) is 0 Å². The van der Waals surface area contributed by atoms with Crippen LogP contribution in [0.25, 0.3) is 0 Å². The minimum atomic E-state index is -0.507. The Labute approximate surface area is 131 Å². The largest absolute Gasteiger partial charge is 0.312 e. The number of ketones is 1. The minimum absolute atomic E-state index is 0.0263. The third-order valence-corrected chi connectivity index (χ3v) is 4.93. The molecular weight excluding hydrogens is 262 g/mol. The van der Waals surface area contributed by atoms with Crippen LogP contribution in [0, 0.1) is 5.92 Å². The molecule has 0 atom stereocenters. The van der Waals surface area contributed by atoms with Crippen LogP contribution in [0.5, 0.6) is 0 Å². The molecule has 0 radical (unpaired) electrons. The smallest absolute Gasteiger partial charge is 0.163 e. The molecule has 0 saturated heterocycles. The van der Waals surface area contributed by atoms with Gasteiger partial charge in [0.2, 0.25) is 0 Å². The first-order valence-corrected chi connectivity index (χ1v) is 8.61. The third kappa shape index (κ3) is 3.24. The lowest BCUT2D eigenvalue weighted by Crippen LogP contribution is -2.54. The lowest BCUT2D eigenvalue weighted by molar-refractivity contribution is -0.209. The van der Waals surface area contributed by atoms with Crippen molar-refractivity contribution >= 4 is 5.78 Å². The summed E-state index contributed by atoms with van der Waals surface area (Å²) in [6.45, 7) is 16.1. The van der Waals surface area contributed by atoms with Crippen LogP contribution < -0.4 is 0 Å². The summed E-state index contributed by atoms with van der Waals surface area (Å²) in [4.78, 5) is 12.5. The van der Waals surface area contributed by atoms with Crippen LogP contribution in [-0.4, -0.2) is 27.1 Å². The van der Waals surface area contributed by atoms with Crippen molar-refractivity contribution in [1.82, 2.24) is 5.06 Å². The van der Waals surface area contributed by atoms with Crippen molar-refractivity contribution in [2.45, 2.75) is 92.2 Å². The van der Waals surface area contributed by atoms with E-state index in [1.165, 1.54) is 5.06 Å². The van der Waals surface area contributed by atoms with Gasteiger partial charge in [-0.2, -0.15) is 5.06 Å². The lowest BCUT2D eigenvalue weighted by atomic mass is 9.81. The fraction of sp³-hybridized carbons (Fsp3) is 0.833. The first kappa shape index (κ1) is 20.3. The summed E-state index contributed by atoms with van der Waals surface area (Å²) in [5, 5.41) is 12.3. The summed E-state index contributed by atoms with van der Waals surface area (Å²) in [5.74, 6) is 0.146. The van der Waals surface area contributed by atoms with Crippen molar-refractivity contribution in [2.24, 2.45) is 5.92 Å². The van der Waals surface area contributed by atoms with Gasteiger partial charge in [-0.3, -0.25) is 4.79 Å². The molecule has 0 aliphatic carbocycles. The average Bonchev–Trinajstić information content (AvgIpc) is 2.78.